The summed E-state index contributed by atoms with van der Waals surface area (Å²) in [7, 11) is 0. The maximum Gasteiger partial charge on any atom is 0.193 e. The first kappa shape index (κ1) is 12.9. The van der Waals surface area contributed by atoms with E-state index in [-0.39, 0.29) is 5.78 Å². The molecule has 0 unspecified atom stereocenters. The van der Waals surface area contributed by atoms with Crippen LogP contribution in [0.25, 0.3) is 10.9 Å². The molecule has 0 aliphatic rings. The van der Waals surface area contributed by atoms with Gasteiger partial charge in [-0.3, -0.25) is 9.78 Å². The largest absolute Gasteiger partial charge is 0.289 e. The van der Waals surface area contributed by atoms with E-state index in [9.17, 15) is 4.79 Å². The van der Waals surface area contributed by atoms with Crippen LogP contribution < -0.4 is 0 Å². The molecule has 20 heavy (non-hydrogen) atoms. The van der Waals surface area contributed by atoms with Crippen molar-refractivity contribution in [2.45, 2.75) is 4.90 Å². The summed E-state index contributed by atoms with van der Waals surface area (Å²) in [5.41, 5.74) is 2.26. The van der Waals surface area contributed by atoms with Crippen LogP contribution in [0.4, 0.5) is 0 Å². The molecule has 0 atom stereocenters. The van der Waals surface area contributed by atoms with E-state index in [1.807, 2.05) is 60.9 Å². The molecule has 98 valence electrons. The van der Waals surface area contributed by atoms with E-state index in [1.165, 1.54) is 0 Å². The zero-order chi connectivity index (χ0) is 13.9. The van der Waals surface area contributed by atoms with Gasteiger partial charge in [-0.05, 0) is 42.7 Å². The van der Waals surface area contributed by atoms with Crippen molar-refractivity contribution in [2.24, 2.45) is 0 Å². The molecule has 0 saturated heterocycles. The van der Waals surface area contributed by atoms with Gasteiger partial charge in [-0.2, -0.15) is 0 Å². The van der Waals surface area contributed by atoms with Gasteiger partial charge in [0.25, 0.3) is 0 Å². The second kappa shape index (κ2) is 5.47. The smallest absolute Gasteiger partial charge is 0.193 e. The van der Waals surface area contributed by atoms with Crippen LogP contribution in [0.2, 0.25) is 0 Å². The van der Waals surface area contributed by atoms with Gasteiger partial charge in [0.1, 0.15) is 0 Å². The third-order valence-corrected chi connectivity index (χ3v) is 3.99. The summed E-state index contributed by atoms with van der Waals surface area (Å²) >= 11 is 1.67. The minimum atomic E-state index is 0.0382. The number of hydrogen-bond donors (Lipinski definition) is 0. The van der Waals surface area contributed by atoms with E-state index in [0.717, 1.165) is 15.8 Å². The lowest BCUT2D eigenvalue weighted by molar-refractivity contribution is 0.104. The average molecular weight is 279 g/mol. The Bertz CT molecular complexity index is 760. The Morgan fingerprint density at radius 1 is 1.00 bits per heavy atom. The zero-order valence-corrected chi connectivity index (χ0v) is 11.9. The summed E-state index contributed by atoms with van der Waals surface area (Å²) in [6, 6.07) is 17.1. The lowest BCUT2D eigenvalue weighted by atomic mass is 9.99. The van der Waals surface area contributed by atoms with Crippen LogP contribution in [-0.4, -0.2) is 17.0 Å². The van der Waals surface area contributed by atoms with Gasteiger partial charge in [-0.15, -0.1) is 11.8 Å². The number of fused-ring (bicyclic) bond motifs is 1. The summed E-state index contributed by atoms with van der Waals surface area (Å²) in [6.45, 7) is 0. The van der Waals surface area contributed by atoms with Gasteiger partial charge in [0.15, 0.2) is 5.78 Å². The highest BCUT2D eigenvalue weighted by Crippen LogP contribution is 2.21. The molecule has 3 heteroatoms. The molecule has 3 rings (SSSR count). The van der Waals surface area contributed by atoms with E-state index >= 15 is 0 Å². The lowest BCUT2D eigenvalue weighted by Crippen LogP contribution is -2.02. The monoisotopic (exact) mass is 279 g/mol. The van der Waals surface area contributed by atoms with Gasteiger partial charge < -0.3 is 0 Å². The third-order valence-electron chi connectivity index (χ3n) is 3.24. The van der Waals surface area contributed by atoms with Crippen LogP contribution in [0.1, 0.15) is 15.9 Å². The first-order valence-electron chi connectivity index (χ1n) is 6.32. The van der Waals surface area contributed by atoms with Crippen molar-refractivity contribution in [3.8, 4) is 0 Å². The number of benzene rings is 2. The molecule has 1 aromatic heterocycles. The normalized spacial score (nSPS) is 10.7. The Hall–Kier alpha value is -2.13. The number of carbonyl (C=O) groups excluding carboxylic acids is 1. The summed E-state index contributed by atoms with van der Waals surface area (Å²) < 4.78 is 0. The Labute approximate surface area is 121 Å². The molecule has 0 spiro atoms. The number of hydrogen-bond acceptors (Lipinski definition) is 3. The number of pyridine rings is 1. The van der Waals surface area contributed by atoms with Crippen LogP contribution in [0.15, 0.2) is 65.7 Å². The molecule has 2 nitrogen and oxygen atoms in total. The van der Waals surface area contributed by atoms with Gasteiger partial charge in [-0.1, -0.05) is 18.2 Å². The highest BCUT2D eigenvalue weighted by molar-refractivity contribution is 7.98. The van der Waals surface area contributed by atoms with Crippen molar-refractivity contribution in [2.75, 3.05) is 6.26 Å². The van der Waals surface area contributed by atoms with Crippen molar-refractivity contribution >= 4 is 28.4 Å². The highest BCUT2D eigenvalue weighted by atomic mass is 32.2. The standard InChI is InChI=1S/C17H13NOS/c1-20-13-9-7-12(8-10-13)17(19)15-4-2-6-16-14(15)5-3-11-18-16/h2-11H,1H3. The molecular weight excluding hydrogens is 266 g/mol. The molecule has 3 aromatic rings. The Kier molecular flexibility index (Phi) is 3.52. The molecule has 0 radical (unpaired) electrons. The second-order valence-electron chi connectivity index (χ2n) is 4.43. The minimum absolute atomic E-state index is 0.0382. The molecular formula is C17H13NOS. The lowest BCUT2D eigenvalue weighted by Gasteiger charge is -2.06. The van der Waals surface area contributed by atoms with Crippen molar-refractivity contribution in [3.63, 3.8) is 0 Å². The maximum absolute atomic E-state index is 12.6. The molecule has 0 saturated carbocycles. The molecule has 0 N–H and O–H groups in total. The van der Waals surface area contributed by atoms with Gasteiger partial charge in [-0.25, -0.2) is 0 Å². The number of ketones is 1. The molecule has 0 bridgehead atoms. The fourth-order valence-electron chi connectivity index (χ4n) is 2.20. The van der Waals surface area contributed by atoms with Gasteiger partial charge in [0.05, 0.1) is 5.52 Å². The third kappa shape index (κ3) is 2.32. The van der Waals surface area contributed by atoms with E-state index in [0.29, 0.717) is 11.1 Å². The van der Waals surface area contributed by atoms with Crippen LogP contribution in [0, 0.1) is 0 Å². The number of nitrogens with zero attached hydrogens (tertiary/aromatic N) is 1. The fourth-order valence-corrected chi connectivity index (χ4v) is 2.61. The van der Waals surface area contributed by atoms with Crippen molar-refractivity contribution in [1.82, 2.24) is 4.98 Å². The molecule has 0 aliphatic carbocycles. The molecule has 0 fully saturated rings. The SMILES string of the molecule is CSc1ccc(C(=O)c2cccc3ncccc23)cc1. The first-order valence-corrected chi connectivity index (χ1v) is 7.54. The second-order valence-corrected chi connectivity index (χ2v) is 5.31. The summed E-state index contributed by atoms with van der Waals surface area (Å²) in [6.07, 6.45) is 3.76. The van der Waals surface area contributed by atoms with Crippen LogP contribution in [-0.2, 0) is 0 Å². The zero-order valence-electron chi connectivity index (χ0n) is 11.0. The van der Waals surface area contributed by atoms with Crippen LogP contribution in [0.5, 0.6) is 0 Å². The average Bonchev–Trinajstić information content (AvgIpc) is 2.54. The molecule has 1 heterocycles. The topological polar surface area (TPSA) is 30.0 Å². The van der Waals surface area contributed by atoms with Crippen molar-refractivity contribution < 1.29 is 4.79 Å². The Morgan fingerprint density at radius 3 is 2.55 bits per heavy atom. The van der Waals surface area contributed by atoms with E-state index in [2.05, 4.69) is 4.98 Å². The molecule has 2 aromatic carbocycles. The number of carbonyl (C=O) groups is 1. The molecule has 0 amide bonds. The van der Waals surface area contributed by atoms with Crippen molar-refractivity contribution in [1.29, 1.82) is 0 Å². The van der Waals surface area contributed by atoms with Crippen LogP contribution >= 0.6 is 11.8 Å². The highest BCUT2D eigenvalue weighted by Gasteiger charge is 2.12. The number of aromatic nitrogens is 1. The van der Waals surface area contributed by atoms with Crippen LogP contribution in [0.3, 0.4) is 0 Å². The number of rotatable bonds is 3. The summed E-state index contributed by atoms with van der Waals surface area (Å²) in [4.78, 5) is 18.1. The Morgan fingerprint density at radius 2 is 1.80 bits per heavy atom. The maximum atomic E-state index is 12.6. The Balaban J connectivity index is 2.07. The predicted octanol–water partition coefficient (Wildman–Crippen LogP) is 4.19. The van der Waals surface area contributed by atoms with Gasteiger partial charge >= 0.3 is 0 Å². The predicted molar refractivity (Wildman–Crippen MR) is 83.4 cm³/mol. The van der Waals surface area contributed by atoms with E-state index < -0.39 is 0 Å². The molecule has 0 aliphatic heterocycles. The van der Waals surface area contributed by atoms with E-state index in [4.69, 9.17) is 0 Å². The summed E-state index contributed by atoms with van der Waals surface area (Å²) in [5, 5.41) is 0.897. The van der Waals surface area contributed by atoms with Gasteiger partial charge in [0, 0.05) is 27.6 Å². The quantitative estimate of drug-likeness (QED) is 0.532. The van der Waals surface area contributed by atoms with Crippen molar-refractivity contribution in [3.05, 3.63) is 71.9 Å². The fraction of sp³-hybridized carbons (Fsp3) is 0.0588. The summed E-state index contributed by atoms with van der Waals surface area (Å²) in [5.74, 6) is 0.0382. The van der Waals surface area contributed by atoms with E-state index in [1.54, 1.807) is 18.0 Å². The van der Waals surface area contributed by atoms with Gasteiger partial charge in [0.2, 0.25) is 0 Å². The first-order chi connectivity index (χ1) is 9.79. The number of thioether (sulfide) groups is 1. The minimum Gasteiger partial charge on any atom is -0.289 e.